The molecule has 0 spiro atoms. The van der Waals surface area contributed by atoms with E-state index >= 15 is 0 Å². The van der Waals surface area contributed by atoms with E-state index in [4.69, 9.17) is 0 Å². The molecule has 0 radical (unpaired) electrons. The van der Waals surface area contributed by atoms with E-state index in [9.17, 15) is 0 Å². The maximum absolute atomic E-state index is 3.26. The molecule has 2 nitrogen and oxygen atoms in total. The van der Waals surface area contributed by atoms with Crippen LogP contribution in [-0.2, 0) is 0 Å². The van der Waals surface area contributed by atoms with Crippen LogP contribution in [0.5, 0.6) is 0 Å². The minimum absolute atomic E-state index is 0. The average Bonchev–Trinajstić information content (AvgIpc) is 1.72. The highest BCUT2D eigenvalue weighted by atomic mass is 32.2. The number of nitrogens with one attached hydrogen (secondary N) is 1. The zero-order valence-electron chi connectivity index (χ0n) is 4.24. The lowest BCUT2D eigenvalue weighted by Gasteiger charge is -2.08. The van der Waals surface area contributed by atoms with Crippen LogP contribution in [0.4, 0.5) is 0 Å². The predicted molar refractivity (Wildman–Crippen MR) is 33.8 cm³/mol. The third kappa shape index (κ3) is 2.91. The molecule has 0 aromatic carbocycles. The highest BCUT2D eigenvalue weighted by Crippen LogP contribution is 1.99. The third-order valence-electron chi connectivity index (χ3n) is 0.846. The molecule has 0 aliphatic carbocycles. The lowest BCUT2D eigenvalue weighted by molar-refractivity contribution is 0.756. The first-order chi connectivity index (χ1) is 3.00. The van der Waals surface area contributed by atoms with Gasteiger partial charge in [0, 0.05) is 24.6 Å². The Bertz CT molecular complexity index is 27.2. The van der Waals surface area contributed by atoms with Crippen molar-refractivity contribution in [2.24, 2.45) is 0 Å². The first kappa shape index (κ1) is 7.27. The number of rotatable bonds is 0. The summed E-state index contributed by atoms with van der Waals surface area (Å²) in [5, 5.41) is 3.26. The molecule has 0 unspecified atom stereocenters. The summed E-state index contributed by atoms with van der Waals surface area (Å²) in [6.07, 6.45) is 0. The minimum Gasteiger partial charge on any atom is -0.412 e. The van der Waals surface area contributed by atoms with E-state index in [0.717, 1.165) is 0 Å². The van der Waals surface area contributed by atoms with Crippen LogP contribution in [0.1, 0.15) is 0 Å². The van der Waals surface area contributed by atoms with Crippen molar-refractivity contribution >= 4 is 11.8 Å². The van der Waals surface area contributed by atoms with Gasteiger partial charge in [-0.3, -0.25) is 0 Å². The number of hydrogen-bond donors (Lipinski definition) is 1. The van der Waals surface area contributed by atoms with Gasteiger partial charge in [-0.2, -0.15) is 11.8 Å². The number of thioether (sulfide) groups is 1. The minimum atomic E-state index is 0. The van der Waals surface area contributed by atoms with Crippen molar-refractivity contribution in [3.05, 3.63) is 0 Å². The van der Waals surface area contributed by atoms with Gasteiger partial charge >= 0.3 is 0 Å². The Balaban J connectivity index is 0.000000360. The molecule has 1 aliphatic heterocycles. The Kier molecular flexibility index (Phi) is 4.60. The summed E-state index contributed by atoms with van der Waals surface area (Å²) in [5.41, 5.74) is 0. The van der Waals surface area contributed by atoms with Gasteiger partial charge in [-0.15, -0.1) is 0 Å². The molecule has 0 aromatic rings. The summed E-state index contributed by atoms with van der Waals surface area (Å²) in [6, 6.07) is 0. The van der Waals surface area contributed by atoms with Crippen molar-refractivity contribution in [2.75, 3.05) is 24.6 Å². The van der Waals surface area contributed by atoms with E-state index in [1.165, 1.54) is 24.6 Å². The average molecular weight is 121 g/mol. The van der Waals surface area contributed by atoms with Crippen LogP contribution < -0.4 is 5.32 Å². The molecule has 3 N–H and O–H groups in total. The van der Waals surface area contributed by atoms with Crippen LogP contribution in [0.2, 0.25) is 0 Å². The largest absolute Gasteiger partial charge is 0.412 e. The molecule has 0 atom stereocenters. The van der Waals surface area contributed by atoms with Gasteiger partial charge in [0.1, 0.15) is 0 Å². The second kappa shape index (κ2) is 4.43. The maximum Gasteiger partial charge on any atom is 0.00585 e. The van der Waals surface area contributed by atoms with Crippen molar-refractivity contribution < 1.29 is 5.48 Å². The van der Waals surface area contributed by atoms with Gasteiger partial charge in [0.25, 0.3) is 0 Å². The van der Waals surface area contributed by atoms with Crippen LogP contribution in [0.3, 0.4) is 0 Å². The van der Waals surface area contributed by atoms with Gasteiger partial charge in [-0.25, -0.2) is 0 Å². The topological polar surface area (TPSA) is 43.5 Å². The highest BCUT2D eigenvalue weighted by Gasteiger charge is 1.93. The molecule has 1 rings (SSSR count). The Morgan fingerprint density at radius 3 is 1.86 bits per heavy atom. The van der Waals surface area contributed by atoms with Crippen LogP contribution in [-0.4, -0.2) is 30.1 Å². The lowest BCUT2D eigenvalue weighted by atomic mass is 10.6. The highest BCUT2D eigenvalue weighted by molar-refractivity contribution is 7.99. The smallest absolute Gasteiger partial charge is 0.00585 e. The van der Waals surface area contributed by atoms with Gasteiger partial charge in [0.05, 0.1) is 0 Å². The van der Waals surface area contributed by atoms with E-state index in [2.05, 4.69) is 5.32 Å². The van der Waals surface area contributed by atoms with Gasteiger partial charge in [0.15, 0.2) is 0 Å². The molecular weight excluding hydrogens is 110 g/mol. The fourth-order valence-corrected chi connectivity index (χ4v) is 1.30. The molecule has 1 aliphatic rings. The normalized spacial score (nSPS) is 20.6. The maximum atomic E-state index is 3.26. The Morgan fingerprint density at radius 2 is 1.71 bits per heavy atom. The molecule has 0 amide bonds. The molecule has 7 heavy (non-hydrogen) atoms. The summed E-state index contributed by atoms with van der Waals surface area (Å²) < 4.78 is 0. The SMILES string of the molecule is C1CSCCN1.O. The van der Waals surface area contributed by atoms with Crippen molar-refractivity contribution in [3.63, 3.8) is 0 Å². The molecule has 0 bridgehead atoms. The predicted octanol–water partition coefficient (Wildman–Crippen LogP) is -0.502. The summed E-state index contributed by atoms with van der Waals surface area (Å²) in [7, 11) is 0. The Morgan fingerprint density at radius 1 is 1.14 bits per heavy atom. The van der Waals surface area contributed by atoms with E-state index < -0.39 is 0 Å². The first-order valence-corrected chi connectivity index (χ1v) is 3.44. The number of hydrogen-bond acceptors (Lipinski definition) is 2. The van der Waals surface area contributed by atoms with E-state index in [1.807, 2.05) is 11.8 Å². The zero-order chi connectivity index (χ0) is 4.24. The van der Waals surface area contributed by atoms with Gasteiger partial charge in [-0.1, -0.05) is 0 Å². The molecule has 1 saturated heterocycles. The molecule has 1 heterocycles. The second-order valence-corrected chi connectivity index (χ2v) is 2.59. The fourth-order valence-electron chi connectivity index (χ4n) is 0.516. The summed E-state index contributed by atoms with van der Waals surface area (Å²) in [4.78, 5) is 0. The molecular formula is C4H11NOS. The van der Waals surface area contributed by atoms with Gasteiger partial charge in [0.2, 0.25) is 0 Å². The lowest BCUT2D eigenvalue weighted by Crippen LogP contribution is -2.24. The first-order valence-electron chi connectivity index (χ1n) is 2.28. The summed E-state index contributed by atoms with van der Waals surface area (Å²) in [6.45, 7) is 2.43. The zero-order valence-corrected chi connectivity index (χ0v) is 5.05. The van der Waals surface area contributed by atoms with Crippen LogP contribution in [0, 0.1) is 0 Å². The van der Waals surface area contributed by atoms with E-state index in [1.54, 1.807) is 0 Å². The van der Waals surface area contributed by atoms with E-state index in [-0.39, 0.29) is 5.48 Å². The van der Waals surface area contributed by atoms with Gasteiger partial charge in [-0.05, 0) is 0 Å². The Hall–Kier alpha value is 0.270. The molecule has 0 saturated carbocycles. The van der Waals surface area contributed by atoms with Crippen LogP contribution >= 0.6 is 11.8 Å². The summed E-state index contributed by atoms with van der Waals surface area (Å²) >= 11 is 2.03. The van der Waals surface area contributed by atoms with Gasteiger partial charge < -0.3 is 10.8 Å². The molecule has 44 valence electrons. The summed E-state index contributed by atoms with van der Waals surface area (Å²) in [5.74, 6) is 2.61. The van der Waals surface area contributed by atoms with Crippen LogP contribution in [0.25, 0.3) is 0 Å². The Labute approximate surface area is 48.0 Å². The molecule has 3 heteroatoms. The van der Waals surface area contributed by atoms with E-state index in [0.29, 0.717) is 0 Å². The molecule has 1 fully saturated rings. The standard InChI is InChI=1S/C4H9NS.H2O/c1-3-6-4-2-5-1;/h5H,1-4H2;1H2. The third-order valence-corrected chi connectivity index (χ3v) is 1.83. The second-order valence-electron chi connectivity index (χ2n) is 1.36. The molecule has 0 aromatic heterocycles. The monoisotopic (exact) mass is 121 g/mol. The van der Waals surface area contributed by atoms with Crippen molar-refractivity contribution in [3.8, 4) is 0 Å². The fraction of sp³-hybridized carbons (Fsp3) is 1.00. The van der Waals surface area contributed by atoms with Crippen molar-refractivity contribution in [1.82, 2.24) is 5.32 Å². The quantitative estimate of drug-likeness (QED) is 0.469. The van der Waals surface area contributed by atoms with Crippen molar-refractivity contribution in [1.29, 1.82) is 0 Å². The van der Waals surface area contributed by atoms with Crippen LogP contribution in [0.15, 0.2) is 0 Å². The van der Waals surface area contributed by atoms with Crippen molar-refractivity contribution in [2.45, 2.75) is 0 Å².